The molecule has 0 aromatic rings. The van der Waals surface area contributed by atoms with E-state index >= 15 is 0 Å². The van der Waals surface area contributed by atoms with Gasteiger partial charge in [0.15, 0.2) is 0 Å². The van der Waals surface area contributed by atoms with Crippen LogP contribution in [0.25, 0.3) is 0 Å². The minimum Gasteiger partial charge on any atom is -0.480 e. The number of hydrogen-bond acceptors (Lipinski definition) is 4. The van der Waals surface area contributed by atoms with Crippen molar-refractivity contribution in [3.63, 3.8) is 0 Å². The first kappa shape index (κ1) is 17.1. The zero-order valence-electron chi connectivity index (χ0n) is 11.1. The molecule has 0 unspecified atom stereocenters. The molecule has 0 saturated carbocycles. The van der Waals surface area contributed by atoms with Crippen LogP contribution in [0.1, 0.15) is 19.3 Å². The number of carboxylic acids is 2. The molecule has 7 nitrogen and oxygen atoms in total. The maximum absolute atomic E-state index is 11.3. The number of carbonyl (C=O) groups excluding carboxylic acids is 1. The summed E-state index contributed by atoms with van der Waals surface area (Å²) in [5.41, 5.74) is 0. The third kappa shape index (κ3) is 9.78. The second-order valence-corrected chi connectivity index (χ2v) is 4.37. The summed E-state index contributed by atoms with van der Waals surface area (Å²) in [6.45, 7) is 0.846. The lowest BCUT2D eigenvalue weighted by atomic mass is 10.1. The molecule has 19 heavy (non-hydrogen) atoms. The number of aliphatic carboxylic acids is 2. The third-order valence-electron chi connectivity index (χ3n) is 2.34. The topological polar surface area (TPSA) is 107 Å². The van der Waals surface area contributed by atoms with Gasteiger partial charge in [-0.2, -0.15) is 0 Å². The Morgan fingerprint density at radius 2 is 1.79 bits per heavy atom. The molecule has 0 spiro atoms. The fourth-order valence-electron chi connectivity index (χ4n) is 1.40. The molecule has 0 bridgehead atoms. The highest BCUT2D eigenvalue weighted by atomic mass is 16.4. The molecule has 0 fully saturated rings. The fraction of sp³-hybridized carbons (Fsp3) is 0.583. The summed E-state index contributed by atoms with van der Waals surface area (Å²) in [5.74, 6) is -3.10. The minimum atomic E-state index is -1.26. The van der Waals surface area contributed by atoms with Crippen molar-refractivity contribution in [2.24, 2.45) is 0 Å². The Bertz CT molecular complexity index is 352. The van der Waals surface area contributed by atoms with E-state index in [4.69, 9.17) is 10.2 Å². The van der Waals surface area contributed by atoms with Gasteiger partial charge in [-0.05, 0) is 39.9 Å². The van der Waals surface area contributed by atoms with E-state index in [1.807, 2.05) is 19.0 Å². The molecule has 0 aliphatic rings. The molecule has 0 aromatic heterocycles. The zero-order chi connectivity index (χ0) is 14.8. The van der Waals surface area contributed by atoms with Crippen molar-refractivity contribution in [1.29, 1.82) is 0 Å². The van der Waals surface area contributed by atoms with Gasteiger partial charge in [-0.1, -0.05) is 0 Å². The van der Waals surface area contributed by atoms with Gasteiger partial charge in [0.25, 0.3) is 0 Å². The van der Waals surface area contributed by atoms with Crippen LogP contribution in [0.15, 0.2) is 12.2 Å². The van der Waals surface area contributed by atoms with Gasteiger partial charge >= 0.3 is 11.9 Å². The highest BCUT2D eigenvalue weighted by molar-refractivity contribution is 5.95. The Morgan fingerprint density at radius 3 is 2.26 bits per heavy atom. The summed E-state index contributed by atoms with van der Waals surface area (Å²) < 4.78 is 0. The van der Waals surface area contributed by atoms with Crippen LogP contribution in [0.2, 0.25) is 0 Å². The predicted octanol–water partition coefficient (Wildman–Crippen LogP) is -0.0715. The number of carboxylic acid groups (broad SMARTS) is 2. The molecule has 1 atom stereocenters. The Morgan fingerprint density at radius 1 is 1.16 bits per heavy atom. The Hall–Kier alpha value is -1.89. The summed E-state index contributed by atoms with van der Waals surface area (Å²) in [6, 6.07) is -0.992. The number of unbranched alkanes of at least 4 members (excludes halogenated alkanes) is 1. The number of carbonyl (C=O) groups is 3. The first-order chi connectivity index (χ1) is 8.82. The molecule has 0 rings (SSSR count). The molecule has 0 saturated heterocycles. The van der Waals surface area contributed by atoms with Crippen LogP contribution in [0.3, 0.4) is 0 Å². The van der Waals surface area contributed by atoms with E-state index in [0.717, 1.165) is 19.0 Å². The molecule has 0 heterocycles. The first-order valence-corrected chi connectivity index (χ1v) is 5.92. The average molecular weight is 272 g/mol. The predicted molar refractivity (Wildman–Crippen MR) is 68.7 cm³/mol. The molecule has 3 N–H and O–H groups in total. The largest absolute Gasteiger partial charge is 0.480 e. The maximum Gasteiger partial charge on any atom is 0.328 e. The van der Waals surface area contributed by atoms with Crippen molar-refractivity contribution in [2.75, 3.05) is 20.6 Å². The summed E-state index contributed by atoms with van der Waals surface area (Å²) in [5, 5.41) is 19.5. The van der Waals surface area contributed by atoms with E-state index in [2.05, 4.69) is 5.32 Å². The molecule has 0 aliphatic carbocycles. The summed E-state index contributed by atoms with van der Waals surface area (Å²) in [7, 11) is 3.85. The molecule has 0 aromatic carbocycles. The minimum absolute atomic E-state index is 0.315. The van der Waals surface area contributed by atoms with E-state index in [1.54, 1.807) is 0 Å². The lowest BCUT2D eigenvalue weighted by Crippen LogP contribution is -2.40. The maximum atomic E-state index is 11.3. The normalized spacial score (nSPS) is 12.6. The van der Waals surface area contributed by atoms with E-state index in [-0.39, 0.29) is 0 Å². The molecule has 108 valence electrons. The smallest absolute Gasteiger partial charge is 0.328 e. The quantitative estimate of drug-likeness (QED) is 0.400. The van der Waals surface area contributed by atoms with Crippen LogP contribution in [0.5, 0.6) is 0 Å². The van der Waals surface area contributed by atoms with Crippen molar-refractivity contribution in [3.8, 4) is 0 Å². The number of nitrogens with one attached hydrogen (secondary N) is 1. The summed E-state index contributed by atoms with van der Waals surface area (Å²) in [4.78, 5) is 34.4. The fourth-order valence-corrected chi connectivity index (χ4v) is 1.40. The molecule has 0 aliphatic heterocycles. The van der Waals surface area contributed by atoms with Gasteiger partial charge in [0.2, 0.25) is 5.91 Å². The van der Waals surface area contributed by atoms with Crippen molar-refractivity contribution >= 4 is 17.8 Å². The van der Waals surface area contributed by atoms with E-state index in [0.29, 0.717) is 18.9 Å². The van der Waals surface area contributed by atoms with E-state index in [1.165, 1.54) is 0 Å². The van der Waals surface area contributed by atoms with Gasteiger partial charge in [-0.3, -0.25) is 4.79 Å². The lowest BCUT2D eigenvalue weighted by molar-refractivity contribution is -0.141. The van der Waals surface area contributed by atoms with Crippen molar-refractivity contribution < 1.29 is 24.6 Å². The van der Waals surface area contributed by atoms with E-state index < -0.39 is 23.9 Å². The first-order valence-electron chi connectivity index (χ1n) is 5.92. The number of hydrogen-bond donors (Lipinski definition) is 3. The lowest BCUT2D eigenvalue weighted by Gasteiger charge is -2.14. The zero-order valence-corrected chi connectivity index (χ0v) is 11.1. The van der Waals surface area contributed by atoms with Crippen LogP contribution < -0.4 is 5.32 Å². The second kappa shape index (κ2) is 9.09. The number of rotatable bonds is 9. The van der Waals surface area contributed by atoms with Crippen molar-refractivity contribution in [3.05, 3.63) is 12.2 Å². The van der Waals surface area contributed by atoms with Gasteiger partial charge in [-0.25, -0.2) is 9.59 Å². The van der Waals surface area contributed by atoms with Crippen LogP contribution in [0, 0.1) is 0 Å². The monoisotopic (exact) mass is 272 g/mol. The van der Waals surface area contributed by atoms with Gasteiger partial charge in [0, 0.05) is 12.2 Å². The summed E-state index contributed by atoms with van der Waals surface area (Å²) in [6.07, 6.45) is 3.28. The van der Waals surface area contributed by atoms with Crippen LogP contribution >= 0.6 is 0 Å². The SMILES string of the molecule is CN(C)CCCC[C@H](NC(=O)/C=C\C(=O)O)C(=O)O. The summed E-state index contributed by atoms with van der Waals surface area (Å²) >= 11 is 0. The van der Waals surface area contributed by atoms with Crippen molar-refractivity contribution in [1.82, 2.24) is 10.2 Å². The average Bonchev–Trinajstić information content (AvgIpc) is 2.29. The Balaban J connectivity index is 4.15. The van der Waals surface area contributed by atoms with Crippen LogP contribution in [-0.4, -0.2) is 59.6 Å². The number of nitrogens with zero attached hydrogens (tertiary/aromatic N) is 1. The van der Waals surface area contributed by atoms with Crippen molar-refractivity contribution in [2.45, 2.75) is 25.3 Å². The molecule has 7 heteroatoms. The standard InChI is InChI=1S/C12H20N2O5/c1-14(2)8-4-3-5-9(12(18)19)13-10(15)6-7-11(16)17/h6-7,9H,3-5,8H2,1-2H3,(H,13,15)(H,16,17)(H,18,19)/b7-6-/t9-/m0/s1. The molecule has 0 radical (unpaired) electrons. The van der Waals surface area contributed by atoms with Crippen LogP contribution in [-0.2, 0) is 14.4 Å². The van der Waals surface area contributed by atoms with Gasteiger partial charge in [-0.15, -0.1) is 0 Å². The third-order valence-corrected chi connectivity index (χ3v) is 2.34. The van der Waals surface area contributed by atoms with Gasteiger partial charge in [0.1, 0.15) is 6.04 Å². The van der Waals surface area contributed by atoms with E-state index in [9.17, 15) is 14.4 Å². The Kier molecular flexibility index (Phi) is 8.19. The van der Waals surface area contributed by atoms with Crippen LogP contribution in [0.4, 0.5) is 0 Å². The van der Waals surface area contributed by atoms with Gasteiger partial charge in [0.05, 0.1) is 0 Å². The van der Waals surface area contributed by atoms with Gasteiger partial charge < -0.3 is 20.4 Å². The molecular formula is C12H20N2O5. The second-order valence-electron chi connectivity index (χ2n) is 4.37. The molecule has 1 amide bonds. The Labute approximate surface area is 111 Å². The molecular weight excluding hydrogens is 252 g/mol. The highest BCUT2D eigenvalue weighted by Gasteiger charge is 2.18. The highest BCUT2D eigenvalue weighted by Crippen LogP contribution is 2.02. The number of amides is 1.